The summed E-state index contributed by atoms with van der Waals surface area (Å²) < 4.78 is 0. The quantitative estimate of drug-likeness (QED) is 0.159. The molecule has 0 fully saturated rings. The molecule has 0 spiro atoms. The van der Waals surface area contributed by atoms with Crippen LogP contribution in [-0.4, -0.2) is 0 Å². The predicted octanol–water partition coefficient (Wildman–Crippen LogP) is 14.6. The average molecular weight is 716 g/mol. The van der Waals surface area contributed by atoms with Gasteiger partial charge in [0.25, 0.3) is 0 Å². The first-order valence-corrected chi connectivity index (χ1v) is 19.5. The highest BCUT2D eigenvalue weighted by atomic mass is 15.1. The molecule has 266 valence electrons. The van der Waals surface area contributed by atoms with E-state index in [-0.39, 0.29) is 0 Å². The molecule has 56 heavy (non-hydrogen) atoms. The van der Waals surface area contributed by atoms with E-state index in [1.165, 1.54) is 77.5 Å². The Labute approximate surface area is 329 Å². The number of benzene rings is 9. The van der Waals surface area contributed by atoms with Gasteiger partial charge in [0.1, 0.15) is 0 Å². The summed E-state index contributed by atoms with van der Waals surface area (Å²) in [6.45, 7) is 4.48. The first-order valence-electron chi connectivity index (χ1n) is 19.5. The van der Waals surface area contributed by atoms with E-state index in [1.807, 2.05) is 0 Å². The van der Waals surface area contributed by atoms with Crippen LogP contribution < -0.4 is 4.90 Å². The Morgan fingerprint density at radius 1 is 0.375 bits per heavy atom. The van der Waals surface area contributed by atoms with Gasteiger partial charge < -0.3 is 4.90 Å². The third kappa shape index (κ3) is 5.47. The van der Waals surface area contributed by atoms with Crippen LogP contribution in [0.25, 0.3) is 44.2 Å². The molecular formula is C55H41N. The van der Waals surface area contributed by atoms with E-state index in [2.05, 4.69) is 231 Å². The van der Waals surface area contributed by atoms with E-state index < -0.39 is 5.41 Å². The first-order chi connectivity index (χ1) is 27.6. The number of hydrogen-bond donors (Lipinski definition) is 0. The van der Waals surface area contributed by atoms with Crippen molar-refractivity contribution >= 4 is 27.8 Å². The summed E-state index contributed by atoms with van der Waals surface area (Å²) in [6.07, 6.45) is 0. The summed E-state index contributed by atoms with van der Waals surface area (Å²) in [4.78, 5) is 2.39. The van der Waals surface area contributed by atoms with Gasteiger partial charge in [-0.15, -0.1) is 0 Å². The molecule has 1 aliphatic rings. The molecule has 1 aliphatic carbocycles. The number of aryl methyl sites for hydroxylation is 2. The second-order valence-electron chi connectivity index (χ2n) is 15.0. The zero-order chi connectivity index (χ0) is 37.6. The smallest absolute Gasteiger partial charge is 0.0713 e. The number of hydrogen-bond acceptors (Lipinski definition) is 1. The van der Waals surface area contributed by atoms with Crippen LogP contribution >= 0.6 is 0 Å². The second-order valence-corrected chi connectivity index (χ2v) is 15.0. The summed E-state index contributed by atoms with van der Waals surface area (Å²) in [5.74, 6) is 0. The van der Waals surface area contributed by atoms with Crippen LogP contribution in [0, 0.1) is 13.8 Å². The van der Waals surface area contributed by atoms with E-state index in [0.717, 1.165) is 17.1 Å². The molecule has 0 saturated heterocycles. The van der Waals surface area contributed by atoms with E-state index in [4.69, 9.17) is 0 Å². The van der Waals surface area contributed by atoms with Gasteiger partial charge in [0.15, 0.2) is 0 Å². The van der Waals surface area contributed by atoms with Crippen LogP contribution in [0.2, 0.25) is 0 Å². The highest BCUT2D eigenvalue weighted by Crippen LogP contribution is 2.57. The van der Waals surface area contributed by atoms with E-state index >= 15 is 0 Å². The van der Waals surface area contributed by atoms with Gasteiger partial charge in [-0.3, -0.25) is 0 Å². The van der Waals surface area contributed by atoms with Crippen LogP contribution in [0.5, 0.6) is 0 Å². The van der Waals surface area contributed by atoms with Crippen molar-refractivity contribution in [2.45, 2.75) is 19.3 Å². The number of fused-ring (bicyclic) bond motifs is 4. The SMILES string of the molecule is Cc1ccc2c(c1)C(c1ccccc1)(c1ccccc1)c1cc(C)c(-c3ccc(N(c4ccc(-c5ccccc5)cc4)c4cccc5ccccc45)cc3)cc1-2. The fraction of sp³-hybridized carbons (Fsp3) is 0.0545. The zero-order valence-electron chi connectivity index (χ0n) is 31.7. The fourth-order valence-corrected chi connectivity index (χ4v) is 9.12. The zero-order valence-corrected chi connectivity index (χ0v) is 31.7. The molecule has 9 aromatic rings. The van der Waals surface area contributed by atoms with Crippen molar-refractivity contribution in [1.82, 2.24) is 0 Å². The molecule has 0 aromatic heterocycles. The molecule has 0 unspecified atom stereocenters. The number of rotatable bonds is 7. The fourth-order valence-electron chi connectivity index (χ4n) is 9.12. The van der Waals surface area contributed by atoms with Gasteiger partial charge in [0, 0.05) is 16.8 Å². The Kier molecular flexibility index (Phi) is 8.23. The molecule has 10 rings (SSSR count). The van der Waals surface area contributed by atoms with Crippen molar-refractivity contribution in [2.75, 3.05) is 4.90 Å². The lowest BCUT2D eigenvalue weighted by Crippen LogP contribution is -2.28. The van der Waals surface area contributed by atoms with Crippen molar-refractivity contribution < 1.29 is 0 Å². The van der Waals surface area contributed by atoms with Crippen LogP contribution in [0.15, 0.2) is 212 Å². The third-order valence-corrected chi connectivity index (χ3v) is 11.7. The normalized spacial score (nSPS) is 12.6. The highest BCUT2D eigenvalue weighted by Gasteiger charge is 2.46. The lowest BCUT2D eigenvalue weighted by atomic mass is 9.67. The molecule has 1 nitrogen and oxygen atoms in total. The molecule has 0 N–H and O–H groups in total. The Bertz CT molecular complexity index is 2790. The molecular weight excluding hydrogens is 675 g/mol. The van der Waals surface area contributed by atoms with Gasteiger partial charge in [-0.05, 0) is 117 Å². The van der Waals surface area contributed by atoms with Crippen molar-refractivity contribution in [3.05, 3.63) is 246 Å². The second kappa shape index (κ2) is 13.7. The van der Waals surface area contributed by atoms with Crippen molar-refractivity contribution in [2.24, 2.45) is 0 Å². The Balaban J connectivity index is 1.11. The Morgan fingerprint density at radius 2 is 0.911 bits per heavy atom. The largest absolute Gasteiger partial charge is 0.310 e. The first kappa shape index (κ1) is 33.6. The standard InChI is InChI=1S/C55H41N/c1-38-25-34-49-51-37-50(39(2)36-53(51)55(52(49)35-38,44-19-8-4-9-20-44)45-21-10-5-11-22-45)43-28-32-47(33-29-43)56(54-24-14-18-42-17-12-13-23-48(42)54)46-30-26-41(27-31-46)40-15-6-3-7-16-40/h3-37H,1-2H3. The van der Waals surface area contributed by atoms with Crippen molar-refractivity contribution in [3.8, 4) is 33.4 Å². The minimum Gasteiger partial charge on any atom is -0.310 e. The maximum Gasteiger partial charge on any atom is 0.0713 e. The summed E-state index contributed by atoms with van der Waals surface area (Å²) in [5.41, 5.74) is 18.3. The van der Waals surface area contributed by atoms with Crippen LogP contribution in [0.3, 0.4) is 0 Å². The van der Waals surface area contributed by atoms with Crippen molar-refractivity contribution in [3.63, 3.8) is 0 Å². The van der Waals surface area contributed by atoms with Crippen molar-refractivity contribution in [1.29, 1.82) is 0 Å². The Hall–Kier alpha value is -6.96. The van der Waals surface area contributed by atoms with E-state index in [1.54, 1.807) is 0 Å². The number of nitrogens with zero attached hydrogens (tertiary/aromatic N) is 1. The molecule has 0 bridgehead atoms. The molecule has 9 aromatic carbocycles. The minimum atomic E-state index is -0.415. The Morgan fingerprint density at radius 3 is 1.57 bits per heavy atom. The average Bonchev–Trinajstić information content (AvgIpc) is 3.53. The van der Waals surface area contributed by atoms with Gasteiger partial charge in [0.05, 0.1) is 11.1 Å². The van der Waals surface area contributed by atoms with Gasteiger partial charge in [0.2, 0.25) is 0 Å². The maximum absolute atomic E-state index is 2.46. The molecule has 0 aliphatic heterocycles. The molecule has 0 radical (unpaired) electrons. The molecule has 1 heteroatoms. The molecule has 0 saturated carbocycles. The lowest BCUT2D eigenvalue weighted by Gasteiger charge is -2.34. The van der Waals surface area contributed by atoms with Gasteiger partial charge in [-0.2, -0.15) is 0 Å². The van der Waals surface area contributed by atoms with Gasteiger partial charge in [-0.1, -0.05) is 181 Å². The molecule has 0 amide bonds. The summed E-state index contributed by atoms with van der Waals surface area (Å²) in [6, 6.07) is 78.0. The summed E-state index contributed by atoms with van der Waals surface area (Å²) >= 11 is 0. The lowest BCUT2D eigenvalue weighted by molar-refractivity contribution is 0.766. The van der Waals surface area contributed by atoms with Crippen LogP contribution in [0.4, 0.5) is 17.1 Å². The van der Waals surface area contributed by atoms with Crippen LogP contribution in [-0.2, 0) is 5.41 Å². The topological polar surface area (TPSA) is 3.24 Å². The maximum atomic E-state index is 2.46. The van der Waals surface area contributed by atoms with Gasteiger partial charge >= 0.3 is 0 Å². The van der Waals surface area contributed by atoms with Gasteiger partial charge in [-0.25, -0.2) is 0 Å². The number of anilines is 3. The third-order valence-electron chi connectivity index (χ3n) is 11.7. The summed E-state index contributed by atoms with van der Waals surface area (Å²) in [7, 11) is 0. The molecule has 0 heterocycles. The minimum absolute atomic E-state index is 0.415. The monoisotopic (exact) mass is 715 g/mol. The van der Waals surface area contributed by atoms with E-state index in [0.29, 0.717) is 0 Å². The summed E-state index contributed by atoms with van der Waals surface area (Å²) in [5, 5.41) is 2.44. The molecule has 0 atom stereocenters. The predicted molar refractivity (Wildman–Crippen MR) is 236 cm³/mol. The highest BCUT2D eigenvalue weighted by molar-refractivity contribution is 5.99. The van der Waals surface area contributed by atoms with Crippen LogP contribution in [0.1, 0.15) is 33.4 Å². The van der Waals surface area contributed by atoms with E-state index in [9.17, 15) is 0 Å².